The van der Waals surface area contributed by atoms with E-state index in [4.69, 9.17) is 10.5 Å². The van der Waals surface area contributed by atoms with Crippen molar-refractivity contribution in [3.05, 3.63) is 29.6 Å². The molecule has 3 N–H and O–H groups in total. The van der Waals surface area contributed by atoms with E-state index in [1.165, 1.54) is 19.2 Å². The van der Waals surface area contributed by atoms with Gasteiger partial charge in [0.15, 0.2) is 0 Å². The van der Waals surface area contributed by atoms with Gasteiger partial charge in [0.05, 0.1) is 12.7 Å². The SMILES string of the molecule is COc1ccc(F)cc1C(=O)NCC(C)CN. The number of carbonyl (C=O) groups is 1. The van der Waals surface area contributed by atoms with E-state index in [1.807, 2.05) is 6.92 Å². The van der Waals surface area contributed by atoms with E-state index in [1.54, 1.807) is 0 Å². The van der Waals surface area contributed by atoms with Crippen LogP contribution in [0.3, 0.4) is 0 Å². The molecule has 0 radical (unpaired) electrons. The van der Waals surface area contributed by atoms with Crippen LogP contribution < -0.4 is 15.8 Å². The molecule has 94 valence electrons. The summed E-state index contributed by atoms with van der Waals surface area (Å²) in [7, 11) is 1.44. The van der Waals surface area contributed by atoms with Crippen molar-refractivity contribution in [1.29, 1.82) is 0 Å². The van der Waals surface area contributed by atoms with Gasteiger partial charge in [0.2, 0.25) is 0 Å². The monoisotopic (exact) mass is 240 g/mol. The fourth-order valence-electron chi connectivity index (χ4n) is 1.30. The Balaban J connectivity index is 2.77. The number of halogens is 1. The molecule has 0 saturated carbocycles. The van der Waals surface area contributed by atoms with Gasteiger partial charge in [-0.05, 0) is 30.7 Å². The van der Waals surface area contributed by atoms with Crippen LogP contribution in [0.5, 0.6) is 5.75 Å². The maximum absolute atomic E-state index is 13.1. The van der Waals surface area contributed by atoms with Crippen molar-refractivity contribution in [2.24, 2.45) is 11.7 Å². The summed E-state index contributed by atoms with van der Waals surface area (Å²) in [6.45, 7) is 2.86. The van der Waals surface area contributed by atoms with Crippen LogP contribution in [0.4, 0.5) is 4.39 Å². The quantitative estimate of drug-likeness (QED) is 0.811. The molecule has 0 aliphatic carbocycles. The van der Waals surface area contributed by atoms with Crippen LogP contribution in [0.15, 0.2) is 18.2 Å². The van der Waals surface area contributed by atoms with E-state index in [-0.39, 0.29) is 17.4 Å². The molecule has 0 bridgehead atoms. The summed E-state index contributed by atoms with van der Waals surface area (Å²) in [4.78, 5) is 11.8. The summed E-state index contributed by atoms with van der Waals surface area (Å²) in [5, 5.41) is 2.69. The number of hydrogen-bond acceptors (Lipinski definition) is 3. The van der Waals surface area contributed by atoms with Crippen molar-refractivity contribution in [2.45, 2.75) is 6.92 Å². The van der Waals surface area contributed by atoms with Crippen LogP contribution in [-0.4, -0.2) is 26.1 Å². The fourth-order valence-corrected chi connectivity index (χ4v) is 1.30. The zero-order chi connectivity index (χ0) is 12.8. The second kappa shape index (κ2) is 6.20. The summed E-state index contributed by atoms with van der Waals surface area (Å²) in [5.74, 6) is -0.299. The number of methoxy groups -OCH3 is 1. The Kier molecular flexibility index (Phi) is 4.90. The molecule has 1 rings (SSSR count). The van der Waals surface area contributed by atoms with Crippen LogP contribution >= 0.6 is 0 Å². The first kappa shape index (κ1) is 13.4. The molecule has 1 atom stereocenters. The summed E-state index contributed by atoms with van der Waals surface area (Å²) in [6.07, 6.45) is 0. The number of benzene rings is 1. The molecule has 0 saturated heterocycles. The van der Waals surface area contributed by atoms with Crippen LogP contribution in [-0.2, 0) is 0 Å². The minimum Gasteiger partial charge on any atom is -0.496 e. The molecule has 1 aromatic rings. The number of carbonyl (C=O) groups excluding carboxylic acids is 1. The smallest absolute Gasteiger partial charge is 0.255 e. The lowest BCUT2D eigenvalue weighted by Crippen LogP contribution is -2.31. The lowest BCUT2D eigenvalue weighted by atomic mass is 10.1. The number of rotatable bonds is 5. The first-order valence-corrected chi connectivity index (χ1v) is 5.40. The summed E-state index contributed by atoms with van der Waals surface area (Å²) in [5.41, 5.74) is 5.63. The normalized spacial score (nSPS) is 12.0. The zero-order valence-electron chi connectivity index (χ0n) is 10.00. The molecule has 1 amide bonds. The van der Waals surface area contributed by atoms with E-state index in [0.29, 0.717) is 18.8 Å². The standard InChI is InChI=1S/C12H17FN2O2/c1-8(6-14)7-15-12(16)10-5-9(13)3-4-11(10)17-2/h3-5,8H,6-7,14H2,1-2H3,(H,15,16). The van der Waals surface area contributed by atoms with Crippen LogP contribution in [0, 0.1) is 11.7 Å². The third kappa shape index (κ3) is 3.71. The van der Waals surface area contributed by atoms with E-state index >= 15 is 0 Å². The molecule has 17 heavy (non-hydrogen) atoms. The third-order valence-electron chi connectivity index (χ3n) is 2.42. The van der Waals surface area contributed by atoms with Gasteiger partial charge in [0, 0.05) is 6.54 Å². The van der Waals surface area contributed by atoms with E-state index < -0.39 is 5.82 Å². The van der Waals surface area contributed by atoms with Crippen LogP contribution in [0.2, 0.25) is 0 Å². The molecule has 0 aliphatic heterocycles. The predicted octanol–water partition coefficient (Wildman–Crippen LogP) is 1.16. The molecule has 0 aromatic heterocycles. The molecule has 0 aliphatic rings. The second-order valence-corrected chi connectivity index (χ2v) is 3.90. The number of amides is 1. The lowest BCUT2D eigenvalue weighted by molar-refractivity contribution is 0.0945. The average Bonchev–Trinajstić information content (AvgIpc) is 2.35. The Morgan fingerprint density at radius 3 is 2.88 bits per heavy atom. The Bertz CT molecular complexity index is 396. The van der Waals surface area contributed by atoms with Gasteiger partial charge >= 0.3 is 0 Å². The first-order valence-electron chi connectivity index (χ1n) is 5.40. The van der Waals surface area contributed by atoms with E-state index in [2.05, 4.69) is 5.32 Å². The number of hydrogen-bond donors (Lipinski definition) is 2. The first-order chi connectivity index (χ1) is 8.08. The van der Waals surface area contributed by atoms with Crippen molar-refractivity contribution in [1.82, 2.24) is 5.32 Å². The van der Waals surface area contributed by atoms with E-state index in [0.717, 1.165) is 6.07 Å². The van der Waals surface area contributed by atoms with Crippen molar-refractivity contribution >= 4 is 5.91 Å². The minimum absolute atomic E-state index is 0.179. The summed E-state index contributed by atoms with van der Waals surface area (Å²) < 4.78 is 18.1. The molecule has 5 heteroatoms. The van der Waals surface area contributed by atoms with E-state index in [9.17, 15) is 9.18 Å². The average molecular weight is 240 g/mol. The third-order valence-corrected chi connectivity index (χ3v) is 2.42. The number of nitrogens with one attached hydrogen (secondary N) is 1. The van der Waals surface area contributed by atoms with Crippen LogP contribution in [0.25, 0.3) is 0 Å². The Morgan fingerprint density at radius 1 is 1.59 bits per heavy atom. The van der Waals surface area contributed by atoms with Crippen LogP contribution in [0.1, 0.15) is 17.3 Å². The Morgan fingerprint density at radius 2 is 2.29 bits per heavy atom. The predicted molar refractivity (Wildman–Crippen MR) is 63.5 cm³/mol. The fraction of sp³-hybridized carbons (Fsp3) is 0.417. The highest BCUT2D eigenvalue weighted by Crippen LogP contribution is 2.18. The maximum atomic E-state index is 13.1. The Labute approximate surface area is 100.0 Å². The maximum Gasteiger partial charge on any atom is 0.255 e. The van der Waals surface area contributed by atoms with Gasteiger partial charge in [0.25, 0.3) is 5.91 Å². The highest BCUT2D eigenvalue weighted by Gasteiger charge is 2.13. The van der Waals surface area contributed by atoms with Gasteiger partial charge < -0.3 is 15.8 Å². The summed E-state index contributed by atoms with van der Waals surface area (Å²) >= 11 is 0. The molecule has 1 aromatic carbocycles. The van der Waals surface area contributed by atoms with Gasteiger partial charge in [-0.1, -0.05) is 6.92 Å². The number of ether oxygens (including phenoxy) is 1. The summed E-state index contributed by atoms with van der Waals surface area (Å²) in [6, 6.07) is 3.83. The molecule has 4 nitrogen and oxygen atoms in total. The van der Waals surface area contributed by atoms with Gasteiger partial charge in [0.1, 0.15) is 11.6 Å². The molecule has 0 heterocycles. The van der Waals surface area contributed by atoms with Crippen molar-refractivity contribution < 1.29 is 13.9 Å². The van der Waals surface area contributed by atoms with Gasteiger partial charge in [-0.25, -0.2) is 4.39 Å². The largest absolute Gasteiger partial charge is 0.496 e. The minimum atomic E-state index is -0.470. The number of nitrogens with two attached hydrogens (primary N) is 1. The molecule has 0 spiro atoms. The second-order valence-electron chi connectivity index (χ2n) is 3.90. The topological polar surface area (TPSA) is 64.3 Å². The zero-order valence-corrected chi connectivity index (χ0v) is 10.00. The van der Waals surface area contributed by atoms with Crippen molar-refractivity contribution in [3.63, 3.8) is 0 Å². The molecule has 1 unspecified atom stereocenters. The highest BCUT2D eigenvalue weighted by atomic mass is 19.1. The van der Waals surface area contributed by atoms with Gasteiger partial charge in [-0.3, -0.25) is 4.79 Å². The molecule has 0 fully saturated rings. The Hall–Kier alpha value is -1.62. The van der Waals surface area contributed by atoms with Crippen molar-refractivity contribution in [2.75, 3.05) is 20.2 Å². The van der Waals surface area contributed by atoms with Gasteiger partial charge in [-0.2, -0.15) is 0 Å². The van der Waals surface area contributed by atoms with Crippen molar-refractivity contribution in [3.8, 4) is 5.75 Å². The highest BCUT2D eigenvalue weighted by molar-refractivity contribution is 5.96. The molecular weight excluding hydrogens is 223 g/mol. The molecular formula is C12H17FN2O2. The lowest BCUT2D eigenvalue weighted by Gasteiger charge is -2.12. The van der Waals surface area contributed by atoms with Gasteiger partial charge in [-0.15, -0.1) is 0 Å².